The van der Waals surface area contributed by atoms with Gasteiger partial charge in [0.15, 0.2) is 11.5 Å². The lowest BCUT2D eigenvalue weighted by Crippen LogP contribution is -2.14. The Morgan fingerprint density at radius 3 is 2.20 bits per heavy atom. The molecule has 1 N–H and O–H groups in total. The second kappa shape index (κ2) is 8.30. The standard InChI is InChI=1S/C20H25NO3S/c1-20(2,3)14-6-9-16(10-7-14)25-13-19(22)21-15-8-11-17(23-4)18(12-15)24-5/h6-12H,13H2,1-5H3,(H,21,22). The number of carbonyl (C=O) groups excluding carboxylic acids is 1. The van der Waals surface area contributed by atoms with E-state index in [9.17, 15) is 4.79 Å². The van der Waals surface area contributed by atoms with E-state index in [0.29, 0.717) is 22.9 Å². The molecule has 0 aromatic heterocycles. The highest BCUT2D eigenvalue weighted by Crippen LogP contribution is 2.30. The summed E-state index contributed by atoms with van der Waals surface area (Å²) in [5.74, 6) is 1.51. The lowest BCUT2D eigenvalue weighted by molar-refractivity contribution is -0.113. The number of amides is 1. The Hall–Kier alpha value is -2.14. The Kier molecular flexibility index (Phi) is 6.37. The minimum Gasteiger partial charge on any atom is -0.493 e. The van der Waals surface area contributed by atoms with E-state index in [-0.39, 0.29) is 11.3 Å². The van der Waals surface area contributed by atoms with E-state index in [1.807, 2.05) is 0 Å². The van der Waals surface area contributed by atoms with Gasteiger partial charge in [0.1, 0.15) is 0 Å². The quantitative estimate of drug-likeness (QED) is 0.757. The van der Waals surface area contributed by atoms with Gasteiger partial charge in [-0.1, -0.05) is 32.9 Å². The zero-order valence-corrected chi connectivity index (χ0v) is 16.2. The molecule has 5 heteroatoms. The molecule has 25 heavy (non-hydrogen) atoms. The maximum absolute atomic E-state index is 12.2. The molecule has 0 unspecified atom stereocenters. The highest BCUT2D eigenvalue weighted by atomic mass is 32.2. The number of methoxy groups -OCH3 is 2. The molecule has 2 aromatic carbocycles. The number of rotatable bonds is 6. The van der Waals surface area contributed by atoms with Crippen LogP contribution in [0.2, 0.25) is 0 Å². The third kappa shape index (κ3) is 5.43. The maximum atomic E-state index is 12.2. The first-order valence-corrected chi connectivity index (χ1v) is 9.07. The second-order valence-corrected chi connectivity index (χ2v) is 7.73. The van der Waals surface area contributed by atoms with Crippen molar-refractivity contribution in [3.63, 3.8) is 0 Å². The Labute approximate surface area is 153 Å². The van der Waals surface area contributed by atoms with Crippen LogP contribution in [0.5, 0.6) is 11.5 Å². The zero-order valence-electron chi connectivity index (χ0n) is 15.4. The van der Waals surface area contributed by atoms with Gasteiger partial charge in [0, 0.05) is 16.6 Å². The predicted molar refractivity (Wildman–Crippen MR) is 104 cm³/mol. The van der Waals surface area contributed by atoms with Crippen LogP contribution in [0.15, 0.2) is 47.4 Å². The molecule has 2 rings (SSSR count). The lowest BCUT2D eigenvalue weighted by atomic mass is 9.87. The summed E-state index contributed by atoms with van der Waals surface area (Å²) in [6.07, 6.45) is 0. The van der Waals surface area contributed by atoms with Crippen LogP contribution >= 0.6 is 11.8 Å². The summed E-state index contributed by atoms with van der Waals surface area (Å²) in [7, 11) is 3.15. The van der Waals surface area contributed by atoms with Crippen LogP contribution in [-0.4, -0.2) is 25.9 Å². The first kappa shape index (κ1) is 19.2. The first-order valence-electron chi connectivity index (χ1n) is 8.08. The summed E-state index contributed by atoms with van der Waals surface area (Å²) in [5.41, 5.74) is 2.10. The molecule has 0 radical (unpaired) electrons. The van der Waals surface area contributed by atoms with E-state index < -0.39 is 0 Å². The molecule has 1 amide bonds. The van der Waals surface area contributed by atoms with Crippen molar-refractivity contribution in [3.05, 3.63) is 48.0 Å². The molecule has 0 aliphatic carbocycles. The fourth-order valence-corrected chi connectivity index (χ4v) is 3.01. The van der Waals surface area contributed by atoms with Crippen LogP contribution in [-0.2, 0) is 10.2 Å². The zero-order chi connectivity index (χ0) is 18.4. The Bertz CT molecular complexity index is 721. The van der Waals surface area contributed by atoms with Crippen molar-refractivity contribution in [1.82, 2.24) is 0 Å². The van der Waals surface area contributed by atoms with Crippen molar-refractivity contribution in [2.75, 3.05) is 25.3 Å². The van der Waals surface area contributed by atoms with Crippen molar-refractivity contribution in [3.8, 4) is 11.5 Å². The van der Waals surface area contributed by atoms with Gasteiger partial charge in [-0.05, 0) is 35.2 Å². The molecule has 0 heterocycles. The summed E-state index contributed by atoms with van der Waals surface area (Å²) >= 11 is 1.52. The molecule has 0 spiro atoms. The van der Waals surface area contributed by atoms with Crippen molar-refractivity contribution >= 4 is 23.4 Å². The number of carbonyl (C=O) groups is 1. The van der Waals surface area contributed by atoms with Crippen LogP contribution in [0.4, 0.5) is 5.69 Å². The number of hydrogen-bond donors (Lipinski definition) is 1. The molecule has 0 aliphatic rings. The minimum atomic E-state index is -0.0582. The molecule has 0 saturated carbocycles. The summed E-state index contributed by atoms with van der Waals surface area (Å²) < 4.78 is 10.4. The van der Waals surface area contributed by atoms with Crippen LogP contribution in [0.1, 0.15) is 26.3 Å². The van der Waals surface area contributed by atoms with Crippen molar-refractivity contribution < 1.29 is 14.3 Å². The molecule has 0 bridgehead atoms. The van der Waals surface area contributed by atoms with Gasteiger partial charge >= 0.3 is 0 Å². The summed E-state index contributed by atoms with van der Waals surface area (Å²) in [6, 6.07) is 13.7. The molecule has 134 valence electrons. The average molecular weight is 359 g/mol. The van der Waals surface area contributed by atoms with Gasteiger partial charge in [0.2, 0.25) is 5.91 Å². The van der Waals surface area contributed by atoms with E-state index >= 15 is 0 Å². The Balaban J connectivity index is 1.92. The number of thioether (sulfide) groups is 1. The normalized spacial score (nSPS) is 11.1. The Morgan fingerprint density at radius 2 is 1.64 bits per heavy atom. The maximum Gasteiger partial charge on any atom is 0.234 e. The van der Waals surface area contributed by atoms with Crippen molar-refractivity contribution in [2.45, 2.75) is 31.1 Å². The summed E-state index contributed by atoms with van der Waals surface area (Å²) in [5, 5.41) is 2.88. The highest BCUT2D eigenvalue weighted by molar-refractivity contribution is 8.00. The van der Waals surface area contributed by atoms with Gasteiger partial charge in [-0.15, -0.1) is 11.8 Å². The van der Waals surface area contributed by atoms with E-state index in [1.165, 1.54) is 17.3 Å². The van der Waals surface area contributed by atoms with Crippen LogP contribution in [0.3, 0.4) is 0 Å². The van der Waals surface area contributed by atoms with Crippen molar-refractivity contribution in [2.24, 2.45) is 0 Å². The predicted octanol–water partition coefficient (Wildman–Crippen LogP) is 4.73. The van der Waals surface area contributed by atoms with Gasteiger partial charge < -0.3 is 14.8 Å². The van der Waals surface area contributed by atoms with E-state index in [4.69, 9.17) is 9.47 Å². The van der Waals surface area contributed by atoms with Crippen molar-refractivity contribution in [1.29, 1.82) is 0 Å². The molecule has 0 fully saturated rings. The monoisotopic (exact) mass is 359 g/mol. The third-order valence-corrected chi connectivity index (χ3v) is 4.77. The van der Waals surface area contributed by atoms with Crippen LogP contribution in [0, 0.1) is 0 Å². The SMILES string of the molecule is COc1ccc(NC(=O)CSc2ccc(C(C)(C)C)cc2)cc1OC. The summed E-state index contributed by atoms with van der Waals surface area (Å²) in [6.45, 7) is 6.56. The van der Waals surface area contributed by atoms with E-state index in [0.717, 1.165) is 4.90 Å². The molecular weight excluding hydrogens is 334 g/mol. The number of anilines is 1. The number of benzene rings is 2. The lowest BCUT2D eigenvalue weighted by Gasteiger charge is -2.19. The highest BCUT2D eigenvalue weighted by Gasteiger charge is 2.13. The fourth-order valence-electron chi connectivity index (χ4n) is 2.31. The second-order valence-electron chi connectivity index (χ2n) is 6.68. The van der Waals surface area contributed by atoms with Gasteiger partial charge in [-0.2, -0.15) is 0 Å². The number of ether oxygens (including phenoxy) is 2. The fraction of sp³-hybridized carbons (Fsp3) is 0.350. The number of nitrogens with one attached hydrogen (secondary N) is 1. The summed E-state index contributed by atoms with van der Waals surface area (Å²) in [4.78, 5) is 13.2. The largest absolute Gasteiger partial charge is 0.493 e. The molecule has 0 saturated heterocycles. The Morgan fingerprint density at radius 1 is 1.00 bits per heavy atom. The van der Waals surface area contributed by atoms with E-state index in [1.54, 1.807) is 32.4 Å². The van der Waals surface area contributed by atoms with Crippen LogP contribution in [0.25, 0.3) is 0 Å². The van der Waals surface area contributed by atoms with Gasteiger partial charge in [-0.3, -0.25) is 4.79 Å². The van der Waals surface area contributed by atoms with Gasteiger partial charge in [0.05, 0.1) is 20.0 Å². The molecule has 0 atom stereocenters. The number of hydrogen-bond acceptors (Lipinski definition) is 4. The molecule has 4 nitrogen and oxygen atoms in total. The molecular formula is C20H25NO3S. The first-order chi connectivity index (χ1) is 11.8. The van der Waals surface area contributed by atoms with Gasteiger partial charge in [0.25, 0.3) is 0 Å². The van der Waals surface area contributed by atoms with E-state index in [2.05, 4.69) is 50.4 Å². The smallest absolute Gasteiger partial charge is 0.234 e. The minimum absolute atomic E-state index is 0.0582. The average Bonchev–Trinajstić information content (AvgIpc) is 2.59. The molecule has 0 aliphatic heterocycles. The molecule has 2 aromatic rings. The van der Waals surface area contributed by atoms with Gasteiger partial charge in [-0.25, -0.2) is 0 Å². The van der Waals surface area contributed by atoms with Crippen LogP contribution < -0.4 is 14.8 Å². The topological polar surface area (TPSA) is 47.6 Å². The third-order valence-electron chi connectivity index (χ3n) is 3.76.